The van der Waals surface area contributed by atoms with E-state index in [1.54, 1.807) is 24.6 Å². The van der Waals surface area contributed by atoms with Gasteiger partial charge in [0.2, 0.25) is 6.21 Å². The maximum Gasteiger partial charge on any atom is 0.254 e. The average molecular weight is 131 g/mol. The Kier molecular flexibility index (Phi) is 0.947. The smallest absolute Gasteiger partial charge is 0.254 e. The van der Waals surface area contributed by atoms with Gasteiger partial charge in [0.25, 0.3) is 6.20 Å². The molecule has 0 unspecified atom stereocenters. The largest absolute Gasteiger partial charge is 0.289 e. The zero-order chi connectivity index (χ0) is 6.97. The maximum absolute atomic E-state index is 11.0. The third kappa shape index (κ3) is 0.589. The van der Waals surface area contributed by atoms with E-state index in [4.69, 9.17) is 0 Å². The van der Waals surface area contributed by atoms with E-state index in [0.717, 1.165) is 5.57 Å². The minimum atomic E-state index is 0.0509. The van der Waals surface area contributed by atoms with Crippen LogP contribution in [0.25, 0.3) is 0 Å². The third-order valence-corrected chi connectivity index (χ3v) is 1.52. The molecule has 0 aromatic heterocycles. The zero-order valence-electron chi connectivity index (χ0n) is 5.24. The first-order chi connectivity index (χ1) is 4.88. The van der Waals surface area contributed by atoms with Crippen LogP contribution in [0.15, 0.2) is 35.6 Å². The van der Waals surface area contributed by atoms with Gasteiger partial charge in [-0.25, -0.2) is 0 Å². The topological polar surface area (TPSA) is 31.2 Å². The first kappa shape index (κ1) is 5.35. The molecule has 0 amide bonds. The summed E-state index contributed by atoms with van der Waals surface area (Å²) < 4.78 is 0. The number of ketones is 1. The molecule has 0 bridgehead atoms. The summed E-state index contributed by atoms with van der Waals surface area (Å²) in [5.41, 5.74) is 1.63. The highest BCUT2D eigenvalue weighted by molar-refractivity contribution is 6.15. The van der Waals surface area contributed by atoms with Gasteiger partial charge in [0, 0.05) is 0 Å². The predicted molar refractivity (Wildman–Crippen MR) is 38.5 cm³/mol. The van der Waals surface area contributed by atoms with E-state index in [0.29, 0.717) is 5.57 Å². The first-order valence-electron chi connectivity index (χ1n) is 3.04. The second-order valence-corrected chi connectivity index (χ2v) is 2.17. The Bertz CT molecular complexity index is 299. The molecule has 47 valence electrons. The van der Waals surface area contributed by atoms with Crippen molar-refractivity contribution >= 4 is 12.0 Å². The third-order valence-electron chi connectivity index (χ3n) is 1.52. The summed E-state index contributed by atoms with van der Waals surface area (Å²) in [4.78, 5) is 14.9. The van der Waals surface area contributed by atoms with E-state index in [1.807, 2.05) is 6.08 Å². The van der Waals surface area contributed by atoms with Crippen LogP contribution in [0.1, 0.15) is 0 Å². The highest BCUT2D eigenvalue weighted by Gasteiger charge is 2.23. The van der Waals surface area contributed by atoms with Crippen LogP contribution in [-0.2, 0) is 4.79 Å². The van der Waals surface area contributed by atoms with Crippen LogP contribution in [0.5, 0.6) is 0 Å². The molecule has 0 aromatic rings. The van der Waals surface area contributed by atoms with Gasteiger partial charge in [0.1, 0.15) is 5.57 Å². The minimum absolute atomic E-state index is 0.0509. The van der Waals surface area contributed by atoms with Crippen LogP contribution in [0, 0.1) is 0 Å². The van der Waals surface area contributed by atoms with Crippen molar-refractivity contribution in [3.05, 3.63) is 35.6 Å². The fourth-order valence-corrected chi connectivity index (χ4v) is 1.00. The number of fused-ring (bicyclic) bond motifs is 1. The van der Waals surface area contributed by atoms with Gasteiger partial charge in [0.15, 0.2) is 5.78 Å². The van der Waals surface area contributed by atoms with E-state index in [-0.39, 0.29) is 5.78 Å². The second kappa shape index (κ2) is 1.77. The van der Waals surface area contributed by atoms with Crippen LogP contribution in [0.4, 0.5) is 0 Å². The normalized spacial score (nSPS) is 20.6. The van der Waals surface area contributed by atoms with Crippen molar-refractivity contribution in [2.45, 2.75) is 0 Å². The van der Waals surface area contributed by atoms with Crippen molar-refractivity contribution in [2.24, 2.45) is 0 Å². The summed E-state index contributed by atoms with van der Waals surface area (Å²) in [7, 11) is 0. The molecule has 0 fully saturated rings. The summed E-state index contributed by atoms with van der Waals surface area (Å²) >= 11 is 0. The van der Waals surface area contributed by atoms with Crippen LogP contribution >= 0.6 is 0 Å². The van der Waals surface area contributed by atoms with Crippen molar-refractivity contribution in [2.75, 3.05) is 0 Å². The molecule has 1 heterocycles. The summed E-state index contributed by atoms with van der Waals surface area (Å²) in [5, 5.41) is 0. The Morgan fingerprint density at radius 1 is 1.40 bits per heavy atom. The average Bonchev–Trinajstić information content (AvgIpc) is 2.36. The number of aliphatic imine (C=N–C) groups is 1. The Morgan fingerprint density at radius 2 is 2.30 bits per heavy atom. The highest BCUT2D eigenvalue weighted by atomic mass is 16.1. The molecular formula is C8H5NO+. The molecule has 1 aliphatic heterocycles. The number of carbonyl (C=O) groups excluding carboxylic acids is 1. The van der Waals surface area contributed by atoms with Gasteiger partial charge in [-0.2, -0.15) is 0 Å². The maximum atomic E-state index is 11.0. The first-order valence-corrected chi connectivity index (χ1v) is 3.04. The lowest BCUT2D eigenvalue weighted by atomic mass is 10.0. The number of hydrogen-bond acceptors (Lipinski definition) is 2. The van der Waals surface area contributed by atoms with Gasteiger partial charge in [-0.15, -0.1) is 0 Å². The Morgan fingerprint density at radius 3 is 3.10 bits per heavy atom. The molecule has 0 spiro atoms. The molecule has 0 atom stereocenters. The van der Waals surface area contributed by atoms with E-state index in [9.17, 15) is 4.79 Å². The van der Waals surface area contributed by atoms with Crippen molar-refractivity contribution in [1.29, 1.82) is 0 Å². The van der Waals surface area contributed by atoms with Crippen LogP contribution in [0.3, 0.4) is 0 Å². The van der Waals surface area contributed by atoms with Crippen LogP contribution in [0.2, 0.25) is 0 Å². The molecule has 0 N–H and O–H groups in total. The standard InChI is InChI=1S/C8H5NO/c10-8-3-1-2-6-4-9-5-7(6)8/h1-5H/q+1. The lowest BCUT2D eigenvalue weighted by Crippen LogP contribution is -2.02. The van der Waals surface area contributed by atoms with Crippen LogP contribution < -0.4 is 4.99 Å². The quantitative estimate of drug-likeness (QED) is 0.467. The second-order valence-electron chi connectivity index (χ2n) is 2.17. The van der Waals surface area contributed by atoms with Crippen molar-refractivity contribution in [3.63, 3.8) is 0 Å². The number of rotatable bonds is 0. The fraction of sp³-hybridized carbons (Fsp3) is 0. The highest BCUT2D eigenvalue weighted by Crippen LogP contribution is 2.15. The van der Waals surface area contributed by atoms with Crippen molar-refractivity contribution in [3.8, 4) is 0 Å². The predicted octanol–water partition coefficient (Wildman–Crippen LogP) is 0.356. The molecule has 2 aliphatic rings. The number of hydrogen-bond donors (Lipinski definition) is 0. The monoisotopic (exact) mass is 131 g/mol. The molecule has 2 rings (SSSR count). The van der Waals surface area contributed by atoms with E-state index in [1.165, 1.54) is 0 Å². The molecule has 10 heavy (non-hydrogen) atoms. The van der Waals surface area contributed by atoms with Gasteiger partial charge in [-0.05, 0) is 12.2 Å². The summed E-state index contributed by atoms with van der Waals surface area (Å²) in [6, 6.07) is 0. The number of nitrogens with zero attached hydrogens (tertiary/aromatic N) is 1. The van der Waals surface area contributed by atoms with Crippen molar-refractivity contribution < 1.29 is 4.79 Å². The molecule has 0 aromatic carbocycles. The fourth-order valence-electron chi connectivity index (χ4n) is 1.00. The van der Waals surface area contributed by atoms with Gasteiger partial charge < -0.3 is 0 Å². The van der Waals surface area contributed by atoms with E-state index < -0.39 is 0 Å². The lowest BCUT2D eigenvalue weighted by molar-refractivity contribution is -0.111. The van der Waals surface area contributed by atoms with Crippen molar-refractivity contribution in [1.82, 2.24) is 4.99 Å². The Labute approximate surface area is 58.3 Å². The van der Waals surface area contributed by atoms with Gasteiger partial charge in [0.05, 0.1) is 10.6 Å². The molecular weight excluding hydrogens is 126 g/mol. The summed E-state index contributed by atoms with van der Waals surface area (Å²) in [6.07, 6.45) is 8.45. The number of allylic oxidation sites excluding steroid dienone is 5. The minimum Gasteiger partial charge on any atom is -0.289 e. The molecule has 0 saturated carbocycles. The number of carbonyl (C=O) groups is 1. The Hall–Kier alpha value is -1.44. The van der Waals surface area contributed by atoms with Gasteiger partial charge >= 0.3 is 0 Å². The van der Waals surface area contributed by atoms with Gasteiger partial charge in [-0.3, -0.25) is 4.79 Å². The SMILES string of the molecule is O=C1C=CC=C2C=[N+]C=C12. The zero-order valence-corrected chi connectivity index (χ0v) is 5.24. The molecule has 2 heteroatoms. The van der Waals surface area contributed by atoms with Crippen LogP contribution in [-0.4, -0.2) is 12.0 Å². The molecule has 0 saturated heterocycles. The van der Waals surface area contributed by atoms with E-state index in [2.05, 4.69) is 4.99 Å². The summed E-state index contributed by atoms with van der Waals surface area (Å²) in [6.45, 7) is 0. The Balaban J connectivity index is 2.54. The molecule has 1 aliphatic carbocycles. The van der Waals surface area contributed by atoms with Gasteiger partial charge in [-0.1, -0.05) is 6.08 Å². The molecule has 1 radical (unpaired) electrons. The molecule has 2 nitrogen and oxygen atoms in total. The lowest BCUT2D eigenvalue weighted by Gasteiger charge is -1.96. The summed E-state index contributed by atoms with van der Waals surface area (Å²) in [5.74, 6) is 0.0509. The van der Waals surface area contributed by atoms with E-state index >= 15 is 0 Å².